The molecule has 1 heterocycles. The summed E-state index contributed by atoms with van der Waals surface area (Å²) >= 11 is 0. The van der Waals surface area contributed by atoms with Gasteiger partial charge in [-0.15, -0.1) is 0 Å². The molecule has 0 saturated carbocycles. The number of pyridine rings is 1. The first-order valence-electron chi connectivity index (χ1n) is 8.94. The molecule has 0 radical (unpaired) electrons. The Morgan fingerprint density at radius 3 is 2.61 bits per heavy atom. The molecule has 1 aromatic heterocycles. The summed E-state index contributed by atoms with van der Waals surface area (Å²) < 4.78 is 18.7. The second-order valence-corrected chi connectivity index (χ2v) is 6.42. The smallest absolute Gasteiger partial charge is 0.244 e. The molecule has 0 aliphatic carbocycles. The Kier molecular flexibility index (Phi) is 6.17. The van der Waals surface area contributed by atoms with Gasteiger partial charge in [-0.3, -0.25) is 9.78 Å². The van der Waals surface area contributed by atoms with Crippen LogP contribution in [0.1, 0.15) is 29.8 Å². The maximum atomic E-state index is 12.9. The fourth-order valence-electron chi connectivity index (χ4n) is 2.59. The van der Waals surface area contributed by atoms with E-state index in [9.17, 15) is 9.18 Å². The molecule has 3 aromatic rings. The van der Waals surface area contributed by atoms with Crippen molar-refractivity contribution in [3.05, 3.63) is 95.6 Å². The van der Waals surface area contributed by atoms with Crippen LogP contribution >= 0.6 is 0 Å². The van der Waals surface area contributed by atoms with Gasteiger partial charge in [-0.1, -0.05) is 24.3 Å². The van der Waals surface area contributed by atoms with E-state index in [4.69, 9.17) is 4.74 Å². The highest BCUT2D eigenvalue weighted by molar-refractivity contribution is 5.91. The summed E-state index contributed by atoms with van der Waals surface area (Å²) in [5.41, 5.74) is 2.60. The number of amides is 1. The van der Waals surface area contributed by atoms with Crippen LogP contribution in [-0.2, 0) is 4.79 Å². The van der Waals surface area contributed by atoms with E-state index in [0.717, 1.165) is 16.8 Å². The minimum atomic E-state index is -0.307. The minimum absolute atomic E-state index is 0.204. The third-order valence-electron chi connectivity index (χ3n) is 4.13. The van der Waals surface area contributed by atoms with Gasteiger partial charge in [0.2, 0.25) is 5.91 Å². The molecular formula is C23H21FN2O2. The molecule has 4 nitrogen and oxygen atoms in total. The number of rotatable bonds is 6. The molecule has 0 fully saturated rings. The van der Waals surface area contributed by atoms with Crippen LogP contribution < -0.4 is 10.1 Å². The lowest BCUT2D eigenvalue weighted by Crippen LogP contribution is -2.24. The third kappa shape index (κ3) is 5.51. The maximum absolute atomic E-state index is 12.9. The van der Waals surface area contributed by atoms with Gasteiger partial charge < -0.3 is 10.1 Å². The zero-order valence-corrected chi connectivity index (χ0v) is 15.7. The molecule has 0 saturated heterocycles. The van der Waals surface area contributed by atoms with Gasteiger partial charge in [0.25, 0.3) is 0 Å². The summed E-state index contributed by atoms with van der Waals surface area (Å²) in [6, 6.07) is 17.0. The molecular weight excluding hydrogens is 355 g/mol. The van der Waals surface area contributed by atoms with Crippen molar-refractivity contribution >= 4 is 12.0 Å². The number of ether oxygens (including phenoxy) is 1. The molecule has 1 atom stereocenters. The Morgan fingerprint density at radius 1 is 1.11 bits per heavy atom. The van der Waals surface area contributed by atoms with E-state index in [2.05, 4.69) is 10.3 Å². The van der Waals surface area contributed by atoms with Gasteiger partial charge in [0.15, 0.2) is 0 Å². The number of hydrogen-bond acceptors (Lipinski definition) is 3. The van der Waals surface area contributed by atoms with Crippen LogP contribution in [-0.4, -0.2) is 10.9 Å². The van der Waals surface area contributed by atoms with E-state index in [1.807, 2.05) is 50.2 Å². The zero-order valence-electron chi connectivity index (χ0n) is 15.7. The highest BCUT2D eigenvalue weighted by Crippen LogP contribution is 2.24. The number of aromatic nitrogens is 1. The second kappa shape index (κ2) is 8.95. The Labute approximate surface area is 163 Å². The van der Waals surface area contributed by atoms with Crippen molar-refractivity contribution in [3.63, 3.8) is 0 Å². The average molecular weight is 376 g/mol. The lowest BCUT2D eigenvalue weighted by Gasteiger charge is -2.14. The van der Waals surface area contributed by atoms with E-state index in [1.54, 1.807) is 24.4 Å². The number of carbonyl (C=O) groups is 1. The van der Waals surface area contributed by atoms with E-state index in [0.29, 0.717) is 11.5 Å². The number of nitrogens with zero attached hydrogens (tertiary/aromatic N) is 1. The summed E-state index contributed by atoms with van der Waals surface area (Å²) in [5.74, 6) is 0.789. The first kappa shape index (κ1) is 19.3. The van der Waals surface area contributed by atoms with Gasteiger partial charge in [-0.25, -0.2) is 4.39 Å². The quantitative estimate of drug-likeness (QED) is 0.601. The minimum Gasteiger partial charge on any atom is -0.456 e. The highest BCUT2D eigenvalue weighted by atomic mass is 19.1. The Morgan fingerprint density at radius 2 is 1.89 bits per heavy atom. The average Bonchev–Trinajstić information content (AvgIpc) is 2.69. The summed E-state index contributed by atoms with van der Waals surface area (Å²) in [5, 5.41) is 2.91. The van der Waals surface area contributed by atoms with Crippen molar-refractivity contribution < 1.29 is 13.9 Å². The molecule has 1 unspecified atom stereocenters. The van der Waals surface area contributed by atoms with Crippen LogP contribution in [0.15, 0.2) is 72.9 Å². The van der Waals surface area contributed by atoms with Crippen LogP contribution in [0.5, 0.6) is 11.5 Å². The number of halogens is 1. The molecule has 5 heteroatoms. The SMILES string of the molecule is Cc1ccc(Oc2cccc(C(C)NC(=O)C=Cc3ccc(F)cc3)c2)cn1. The fraction of sp³-hybridized carbons (Fsp3) is 0.130. The molecule has 1 amide bonds. The predicted molar refractivity (Wildman–Crippen MR) is 107 cm³/mol. The topological polar surface area (TPSA) is 51.2 Å². The van der Waals surface area contributed by atoms with Crippen LogP contribution in [0.3, 0.4) is 0 Å². The summed E-state index contributed by atoms with van der Waals surface area (Å²) in [7, 11) is 0. The Balaban J connectivity index is 1.62. The van der Waals surface area contributed by atoms with Gasteiger partial charge in [0, 0.05) is 11.8 Å². The number of benzene rings is 2. The normalized spacial score (nSPS) is 12.0. The van der Waals surface area contributed by atoms with E-state index in [1.165, 1.54) is 18.2 Å². The van der Waals surface area contributed by atoms with Crippen molar-refractivity contribution in [1.82, 2.24) is 10.3 Å². The summed E-state index contributed by atoms with van der Waals surface area (Å²) in [6.07, 6.45) is 4.75. The van der Waals surface area contributed by atoms with Crippen molar-refractivity contribution in [3.8, 4) is 11.5 Å². The highest BCUT2D eigenvalue weighted by Gasteiger charge is 2.09. The van der Waals surface area contributed by atoms with Gasteiger partial charge >= 0.3 is 0 Å². The van der Waals surface area contributed by atoms with Crippen molar-refractivity contribution in [2.24, 2.45) is 0 Å². The second-order valence-electron chi connectivity index (χ2n) is 6.42. The van der Waals surface area contributed by atoms with Crippen LogP contribution in [0.25, 0.3) is 6.08 Å². The van der Waals surface area contributed by atoms with Gasteiger partial charge in [-0.2, -0.15) is 0 Å². The predicted octanol–water partition coefficient (Wildman–Crippen LogP) is 5.21. The van der Waals surface area contributed by atoms with Crippen molar-refractivity contribution in [1.29, 1.82) is 0 Å². The van der Waals surface area contributed by atoms with Gasteiger partial charge in [0.05, 0.1) is 12.2 Å². The molecule has 0 bridgehead atoms. The van der Waals surface area contributed by atoms with Crippen molar-refractivity contribution in [2.75, 3.05) is 0 Å². The van der Waals surface area contributed by atoms with E-state index >= 15 is 0 Å². The van der Waals surface area contributed by atoms with Crippen LogP contribution in [0, 0.1) is 12.7 Å². The zero-order chi connectivity index (χ0) is 19.9. The summed E-state index contributed by atoms with van der Waals surface area (Å²) in [4.78, 5) is 16.4. The number of aryl methyl sites for hydroxylation is 1. The molecule has 3 rings (SSSR count). The largest absolute Gasteiger partial charge is 0.456 e. The van der Waals surface area contributed by atoms with Gasteiger partial charge in [0.1, 0.15) is 17.3 Å². The number of nitrogens with one attached hydrogen (secondary N) is 1. The van der Waals surface area contributed by atoms with Gasteiger partial charge in [-0.05, 0) is 67.4 Å². The van der Waals surface area contributed by atoms with E-state index in [-0.39, 0.29) is 17.8 Å². The lowest BCUT2D eigenvalue weighted by atomic mass is 10.1. The molecule has 0 spiro atoms. The van der Waals surface area contributed by atoms with Crippen LogP contribution in [0.4, 0.5) is 4.39 Å². The molecule has 0 aliphatic heterocycles. The summed E-state index contributed by atoms with van der Waals surface area (Å²) in [6.45, 7) is 3.81. The first-order chi connectivity index (χ1) is 13.5. The first-order valence-corrected chi connectivity index (χ1v) is 8.94. The van der Waals surface area contributed by atoms with Crippen molar-refractivity contribution in [2.45, 2.75) is 19.9 Å². The monoisotopic (exact) mass is 376 g/mol. The number of hydrogen-bond donors (Lipinski definition) is 1. The third-order valence-corrected chi connectivity index (χ3v) is 4.13. The van der Waals surface area contributed by atoms with E-state index < -0.39 is 0 Å². The lowest BCUT2D eigenvalue weighted by molar-refractivity contribution is -0.117. The number of carbonyl (C=O) groups excluding carboxylic acids is 1. The molecule has 28 heavy (non-hydrogen) atoms. The maximum Gasteiger partial charge on any atom is 0.244 e. The fourth-order valence-corrected chi connectivity index (χ4v) is 2.59. The molecule has 2 aromatic carbocycles. The molecule has 0 aliphatic rings. The van der Waals surface area contributed by atoms with Crippen LogP contribution in [0.2, 0.25) is 0 Å². The standard InChI is InChI=1S/C23H21FN2O2/c1-16-6-12-22(15-25-16)28-21-5-3-4-19(14-21)17(2)26-23(27)13-9-18-7-10-20(24)11-8-18/h3-15,17H,1-2H3,(H,26,27). The Hall–Kier alpha value is -3.47. The molecule has 1 N–H and O–H groups in total. The molecule has 142 valence electrons. The Bertz CT molecular complexity index is 967.